The SMILES string of the molecule is [Y].[Y].[Y].[c-]1ccc(-n2c3ccccc3c3c4c5ccccc5n(-c5ccccc5)c4ccc32)cc1-n1[c-]c(-c2ccccc2)c2ccccc21.[c-]1ccc(-n2c3ccccc3c3ccccc32)cc1-n1[c-]c(-c2ccc3c(c2)c2ccccc2n3-c2ccccc2)c2ccccc21.[c-]1ccc(-n2c3ccccc3c3ccccc32)cc1-n1[c-]c(-c2cccc3c2sc2c(-c4ccccc4)cccc23)c2ccccc21. The van der Waals surface area contributed by atoms with E-state index in [9.17, 15) is 0 Å². The van der Waals surface area contributed by atoms with Crippen LogP contribution in [0, 0.1) is 36.8 Å². The van der Waals surface area contributed by atoms with Crippen LogP contribution in [0.15, 0.2) is 485 Å². The number of benzene rings is 21. The molecule has 9 heterocycles. The number of thiophene rings is 1. The Bertz CT molecular complexity index is 10100. The van der Waals surface area contributed by atoms with E-state index in [2.05, 4.69) is 540 Å². The van der Waals surface area contributed by atoms with Crippen molar-refractivity contribution in [1.82, 2.24) is 36.5 Å². The third-order valence-electron chi connectivity index (χ3n) is 28.3. The standard InChI is InChI=1S/2C44H27N3.C44H26N2S.3Y/c1-3-14-30(15-4-1)37-29-45(38-23-10-7-20-34(37)38)32-18-13-19-33(28-32)47-40-25-12-9-22-36(40)44-42(47)27-26-41-43(44)35-21-8-11-24-39(35)46(41)31-16-5-2-6-17-31;1-2-13-31(14-3-1)46-43-24-11-7-19-36(43)38-27-30(25-26-44(38)46)39-29-45(40-21-8-4-20-37(39)40)32-15-12-16-33(28-32)47-41-22-9-5-17-34(41)35-18-6-10-23-42(35)47;1-2-13-29(14-3-1)32-20-11-21-36-37-22-12-23-38(44(37)47-43(32)36)39-28-45(40-24-7-4-19-35(39)40)30-15-10-16-31(27-30)46-41-25-8-5-17-33(41)34-18-6-9-26-42(34)46;;;/h1-17,19-28H;1-14,16-28H;1-14,16-27H;;;/q3*-2;;;. The van der Waals surface area contributed by atoms with Crippen LogP contribution in [-0.4, -0.2) is 36.5 Å². The molecule has 30 aromatic rings. The molecular weight excluding hydrogens is 2000 g/mol. The molecule has 0 aliphatic rings. The van der Waals surface area contributed by atoms with Crippen LogP contribution in [-0.2, 0) is 98.1 Å². The van der Waals surface area contributed by atoms with Crippen molar-refractivity contribution in [3.8, 4) is 90.0 Å². The summed E-state index contributed by atoms with van der Waals surface area (Å²) in [7, 11) is 0. The molecule has 12 heteroatoms. The number of para-hydroxylation sites is 12. The van der Waals surface area contributed by atoms with E-state index in [0.717, 1.165) is 95.3 Å². The number of fused-ring (bicyclic) bond motifs is 22. The molecule has 21 aromatic carbocycles. The topological polar surface area (TPSA) is 39.4 Å². The normalized spacial score (nSPS) is 11.6. The molecule has 0 unspecified atom stereocenters. The molecule has 144 heavy (non-hydrogen) atoms. The van der Waals surface area contributed by atoms with E-state index in [1.807, 2.05) is 29.5 Å². The molecule has 0 bridgehead atoms. The summed E-state index contributed by atoms with van der Waals surface area (Å²) in [5.74, 6) is 0. The van der Waals surface area contributed by atoms with E-state index < -0.39 is 0 Å². The predicted molar refractivity (Wildman–Crippen MR) is 589 cm³/mol. The molecule has 0 N–H and O–H groups in total. The van der Waals surface area contributed by atoms with Gasteiger partial charge in [-0.3, -0.25) is 0 Å². The van der Waals surface area contributed by atoms with Crippen LogP contribution in [0.2, 0.25) is 0 Å². The van der Waals surface area contributed by atoms with Crippen molar-refractivity contribution in [3.63, 3.8) is 0 Å². The quantitative estimate of drug-likeness (QED) is 0.109. The van der Waals surface area contributed by atoms with Gasteiger partial charge in [0.15, 0.2) is 0 Å². The summed E-state index contributed by atoms with van der Waals surface area (Å²) in [4.78, 5) is 0. The molecule has 0 saturated carbocycles. The first-order chi connectivity index (χ1) is 70.0. The Morgan fingerprint density at radius 2 is 0.438 bits per heavy atom. The van der Waals surface area contributed by atoms with Gasteiger partial charge in [0, 0.05) is 178 Å². The van der Waals surface area contributed by atoms with Gasteiger partial charge < -0.3 is 36.5 Å². The zero-order chi connectivity index (χ0) is 92.7. The predicted octanol–water partition coefficient (Wildman–Crippen LogP) is 34.2. The minimum atomic E-state index is 0. The van der Waals surface area contributed by atoms with Gasteiger partial charge in [-0.15, -0.1) is 46.6 Å². The number of aromatic nitrogens is 8. The van der Waals surface area contributed by atoms with Gasteiger partial charge >= 0.3 is 0 Å². The minimum Gasteiger partial charge on any atom is -0.439 e. The molecule has 0 atom stereocenters. The Labute approximate surface area is 910 Å². The van der Waals surface area contributed by atoms with Gasteiger partial charge in [-0.25, -0.2) is 18.2 Å². The van der Waals surface area contributed by atoms with Crippen molar-refractivity contribution < 1.29 is 98.1 Å². The van der Waals surface area contributed by atoms with Gasteiger partial charge in [-0.05, 0) is 137 Å². The second kappa shape index (κ2) is 37.6. The molecule has 669 valence electrons. The smallest absolute Gasteiger partial charge is 0.0548 e. The molecule has 3 radical (unpaired) electrons. The van der Waals surface area contributed by atoms with E-state index in [1.165, 1.54) is 157 Å². The second-order valence-corrected chi connectivity index (χ2v) is 37.1. The Kier molecular flexibility index (Phi) is 23.5. The summed E-state index contributed by atoms with van der Waals surface area (Å²) >= 11 is 1.88. The van der Waals surface area contributed by atoms with Crippen LogP contribution in [0.4, 0.5) is 0 Å². The monoisotopic (exact) mass is 2080 g/mol. The van der Waals surface area contributed by atoms with Crippen molar-refractivity contribution in [1.29, 1.82) is 0 Å². The molecule has 0 amide bonds. The molecule has 30 rings (SSSR count). The van der Waals surface area contributed by atoms with E-state index in [4.69, 9.17) is 0 Å². The van der Waals surface area contributed by atoms with E-state index in [-0.39, 0.29) is 98.1 Å². The maximum Gasteiger partial charge on any atom is 0.0548 e. The van der Waals surface area contributed by atoms with Gasteiger partial charge in [0.1, 0.15) is 0 Å². The van der Waals surface area contributed by atoms with Crippen LogP contribution in [0.1, 0.15) is 0 Å². The minimum absolute atomic E-state index is 0. The second-order valence-electron chi connectivity index (χ2n) is 36.1. The van der Waals surface area contributed by atoms with Gasteiger partial charge in [0.05, 0.1) is 55.2 Å². The van der Waals surface area contributed by atoms with Crippen LogP contribution >= 0.6 is 11.3 Å². The maximum atomic E-state index is 3.83. The fourth-order valence-corrected chi connectivity index (χ4v) is 23.5. The molecule has 0 aliphatic carbocycles. The van der Waals surface area contributed by atoms with E-state index in [1.54, 1.807) is 0 Å². The first kappa shape index (κ1) is 90.1. The molecule has 0 saturated heterocycles. The van der Waals surface area contributed by atoms with Gasteiger partial charge in [0.2, 0.25) is 0 Å². The zero-order valence-electron chi connectivity index (χ0n) is 77.9. The van der Waals surface area contributed by atoms with Crippen LogP contribution in [0.3, 0.4) is 0 Å². The van der Waals surface area contributed by atoms with Gasteiger partial charge in [-0.1, -0.05) is 412 Å². The number of rotatable bonds is 12. The fourth-order valence-electron chi connectivity index (χ4n) is 22.2. The maximum absolute atomic E-state index is 3.83. The number of hydrogen-bond acceptors (Lipinski definition) is 1. The van der Waals surface area contributed by atoms with Crippen LogP contribution in [0.5, 0.6) is 0 Å². The summed E-state index contributed by atoms with van der Waals surface area (Å²) in [5, 5.41) is 18.6. The summed E-state index contributed by atoms with van der Waals surface area (Å²) in [6.45, 7) is 0. The molecule has 9 aromatic heterocycles. The first-order valence-corrected chi connectivity index (χ1v) is 48.6. The van der Waals surface area contributed by atoms with Crippen molar-refractivity contribution in [2.24, 2.45) is 0 Å². The van der Waals surface area contributed by atoms with Crippen molar-refractivity contribution in [3.05, 3.63) is 522 Å². The summed E-state index contributed by atoms with van der Waals surface area (Å²) < 4.78 is 21.0. The molecule has 0 aliphatic heterocycles. The Hall–Kier alpha value is -15.2. The van der Waals surface area contributed by atoms with Crippen molar-refractivity contribution >= 4 is 173 Å². The van der Waals surface area contributed by atoms with Crippen molar-refractivity contribution in [2.45, 2.75) is 0 Å². The van der Waals surface area contributed by atoms with Gasteiger partial charge in [0.25, 0.3) is 0 Å². The summed E-state index contributed by atoms with van der Waals surface area (Å²) in [6.07, 6.45) is 11.3. The largest absolute Gasteiger partial charge is 0.439 e. The van der Waals surface area contributed by atoms with Crippen LogP contribution in [0.25, 0.3) is 252 Å². The van der Waals surface area contributed by atoms with Gasteiger partial charge in [-0.2, -0.15) is 36.4 Å². The van der Waals surface area contributed by atoms with Crippen molar-refractivity contribution in [2.75, 3.05) is 0 Å². The molecule has 0 fully saturated rings. The Morgan fingerprint density at radius 3 is 0.847 bits per heavy atom. The molecular formula is C132H80N8SY3-6. The Balaban J connectivity index is 0.000000112. The third-order valence-corrected chi connectivity index (χ3v) is 29.6. The molecule has 0 spiro atoms. The number of nitrogens with zero attached hydrogens (tertiary/aromatic N) is 8. The zero-order valence-corrected chi connectivity index (χ0v) is 87.2. The van der Waals surface area contributed by atoms with E-state index in [0.29, 0.717) is 0 Å². The summed E-state index contributed by atoms with van der Waals surface area (Å²) in [6, 6.07) is 184. The van der Waals surface area contributed by atoms with E-state index >= 15 is 0 Å². The first-order valence-electron chi connectivity index (χ1n) is 47.8. The average molecular weight is 2080 g/mol. The fraction of sp³-hybridized carbons (Fsp3) is 0. The van der Waals surface area contributed by atoms with Crippen LogP contribution < -0.4 is 0 Å². The Morgan fingerprint density at radius 1 is 0.167 bits per heavy atom. The number of hydrogen-bond donors (Lipinski definition) is 0. The molecule has 8 nitrogen and oxygen atoms in total. The third kappa shape index (κ3) is 14.9. The summed E-state index contributed by atoms with van der Waals surface area (Å²) in [5.41, 5.74) is 33.0. The average Bonchev–Trinajstić information content (AvgIpc) is 1.53.